The molecule has 134 valence electrons. The summed E-state index contributed by atoms with van der Waals surface area (Å²) in [6.07, 6.45) is 1.77. The third kappa shape index (κ3) is 3.55. The van der Waals surface area contributed by atoms with Crippen LogP contribution in [-0.4, -0.2) is 5.91 Å². The van der Waals surface area contributed by atoms with E-state index < -0.39 is 0 Å². The zero-order valence-corrected chi connectivity index (χ0v) is 15.1. The summed E-state index contributed by atoms with van der Waals surface area (Å²) in [5, 5.41) is 0. The molecule has 0 fully saturated rings. The summed E-state index contributed by atoms with van der Waals surface area (Å²) in [5.74, 6) is 0.702. The van der Waals surface area contributed by atoms with Crippen LogP contribution in [0, 0.1) is 6.92 Å². The fourth-order valence-electron chi connectivity index (χ4n) is 3.07. The number of nitrogens with zero attached hydrogens (tertiary/aromatic N) is 1. The molecule has 0 aliphatic carbocycles. The van der Waals surface area contributed by atoms with E-state index in [1.54, 1.807) is 23.1 Å². The van der Waals surface area contributed by atoms with Crippen molar-refractivity contribution in [1.29, 1.82) is 0 Å². The molecule has 4 rings (SSSR count). The maximum absolute atomic E-state index is 13.2. The van der Waals surface area contributed by atoms with E-state index in [1.807, 2.05) is 67.6 Å². The Morgan fingerprint density at radius 1 is 1.00 bits per heavy atom. The molecule has 1 amide bonds. The Bertz CT molecular complexity index is 1010. The molecule has 0 atom stereocenters. The summed E-state index contributed by atoms with van der Waals surface area (Å²) >= 11 is 0. The number of fused-ring (bicyclic) bond motifs is 1. The van der Waals surface area contributed by atoms with E-state index in [4.69, 9.17) is 10.5 Å². The van der Waals surface area contributed by atoms with E-state index in [1.165, 1.54) is 0 Å². The van der Waals surface area contributed by atoms with Crippen LogP contribution in [0.2, 0.25) is 0 Å². The predicted octanol–water partition coefficient (Wildman–Crippen LogP) is 4.54. The molecule has 3 aromatic carbocycles. The Kier molecular flexibility index (Phi) is 4.38. The van der Waals surface area contributed by atoms with E-state index in [2.05, 4.69) is 0 Å². The highest BCUT2D eigenvalue weighted by molar-refractivity contribution is 6.09. The summed E-state index contributed by atoms with van der Waals surface area (Å²) < 4.78 is 5.92. The average Bonchev–Trinajstić information content (AvgIpc) is 2.67. The molecule has 4 heteroatoms. The van der Waals surface area contributed by atoms with E-state index in [0.29, 0.717) is 18.0 Å². The van der Waals surface area contributed by atoms with Gasteiger partial charge in [-0.1, -0.05) is 60.2 Å². The number of hydrogen-bond acceptors (Lipinski definition) is 3. The molecule has 0 bridgehead atoms. The van der Waals surface area contributed by atoms with Crippen molar-refractivity contribution in [3.63, 3.8) is 0 Å². The largest absolute Gasteiger partial charge is 0.449 e. The molecule has 2 N–H and O–H groups in total. The second kappa shape index (κ2) is 7.00. The monoisotopic (exact) mass is 356 g/mol. The summed E-state index contributed by atoms with van der Waals surface area (Å²) in [5.41, 5.74) is 10.4. The van der Waals surface area contributed by atoms with Crippen LogP contribution in [0.4, 0.5) is 11.4 Å². The van der Waals surface area contributed by atoms with Crippen LogP contribution >= 0.6 is 0 Å². The van der Waals surface area contributed by atoms with Gasteiger partial charge in [-0.05, 0) is 36.3 Å². The van der Waals surface area contributed by atoms with Gasteiger partial charge in [0.05, 0.1) is 12.2 Å². The highest BCUT2D eigenvalue weighted by Gasteiger charge is 2.30. The predicted molar refractivity (Wildman–Crippen MR) is 108 cm³/mol. The molecular weight excluding hydrogens is 336 g/mol. The first kappa shape index (κ1) is 16.9. The molecule has 0 radical (unpaired) electrons. The third-order valence-electron chi connectivity index (χ3n) is 4.51. The summed E-state index contributed by atoms with van der Waals surface area (Å²) in [7, 11) is 0. The van der Waals surface area contributed by atoms with Crippen LogP contribution in [0.25, 0.3) is 6.08 Å². The lowest BCUT2D eigenvalue weighted by Gasteiger charge is -2.31. The Hall–Kier alpha value is -3.53. The Labute approximate surface area is 158 Å². The van der Waals surface area contributed by atoms with Crippen LogP contribution in [0.15, 0.2) is 78.6 Å². The number of aryl methyl sites for hydroxylation is 1. The quantitative estimate of drug-likeness (QED) is 0.553. The number of benzene rings is 3. The van der Waals surface area contributed by atoms with Gasteiger partial charge in [0.25, 0.3) is 5.91 Å². The van der Waals surface area contributed by atoms with Gasteiger partial charge >= 0.3 is 0 Å². The SMILES string of the molecule is Cc1ccc(/C=C2/Oc3cc(N)ccc3N(Cc3ccccc3)C2=O)cc1. The lowest BCUT2D eigenvalue weighted by atomic mass is 10.1. The number of carbonyl (C=O) groups is 1. The molecule has 4 nitrogen and oxygen atoms in total. The zero-order valence-electron chi connectivity index (χ0n) is 15.1. The van der Waals surface area contributed by atoms with Crippen LogP contribution in [0.1, 0.15) is 16.7 Å². The van der Waals surface area contributed by atoms with Crippen LogP contribution in [0.5, 0.6) is 5.75 Å². The van der Waals surface area contributed by atoms with Gasteiger partial charge in [0.1, 0.15) is 0 Å². The maximum atomic E-state index is 13.2. The Morgan fingerprint density at radius 3 is 2.48 bits per heavy atom. The second-order valence-corrected chi connectivity index (χ2v) is 6.63. The van der Waals surface area contributed by atoms with Crippen molar-refractivity contribution in [2.45, 2.75) is 13.5 Å². The molecule has 0 saturated heterocycles. The minimum absolute atomic E-state index is 0.170. The van der Waals surface area contributed by atoms with Gasteiger partial charge in [-0.15, -0.1) is 0 Å². The number of amides is 1. The number of carbonyl (C=O) groups excluding carboxylic acids is 1. The number of ether oxygens (including phenoxy) is 1. The van der Waals surface area contributed by atoms with Crippen molar-refractivity contribution in [3.05, 3.63) is 95.2 Å². The normalized spacial score (nSPS) is 14.8. The summed E-state index contributed by atoms with van der Waals surface area (Å²) in [6.45, 7) is 2.49. The number of anilines is 2. The molecular formula is C23H20N2O2. The average molecular weight is 356 g/mol. The van der Waals surface area contributed by atoms with E-state index >= 15 is 0 Å². The molecule has 0 unspecified atom stereocenters. The van der Waals surface area contributed by atoms with Crippen LogP contribution in [0.3, 0.4) is 0 Å². The lowest BCUT2D eigenvalue weighted by Crippen LogP contribution is -2.36. The summed E-state index contributed by atoms with van der Waals surface area (Å²) in [4.78, 5) is 14.9. The van der Waals surface area contributed by atoms with Crippen molar-refractivity contribution < 1.29 is 9.53 Å². The van der Waals surface area contributed by atoms with Gasteiger partial charge in [0, 0.05) is 11.8 Å². The maximum Gasteiger partial charge on any atom is 0.294 e. The van der Waals surface area contributed by atoms with Gasteiger partial charge < -0.3 is 10.5 Å². The zero-order chi connectivity index (χ0) is 18.8. The lowest BCUT2D eigenvalue weighted by molar-refractivity contribution is -0.117. The van der Waals surface area contributed by atoms with E-state index in [0.717, 1.165) is 22.4 Å². The van der Waals surface area contributed by atoms with Gasteiger partial charge in [-0.2, -0.15) is 0 Å². The molecule has 1 heterocycles. The third-order valence-corrected chi connectivity index (χ3v) is 4.51. The first-order valence-electron chi connectivity index (χ1n) is 8.82. The van der Waals surface area contributed by atoms with Gasteiger partial charge in [0.2, 0.25) is 0 Å². The molecule has 0 saturated carbocycles. The standard InChI is InChI=1S/C23H20N2O2/c1-16-7-9-17(10-8-16)13-22-23(26)25(15-18-5-3-2-4-6-18)20-12-11-19(24)14-21(20)27-22/h2-14H,15,24H2,1H3/b22-13+. The Balaban J connectivity index is 1.75. The van der Waals surface area contributed by atoms with Gasteiger partial charge in [-0.3, -0.25) is 9.69 Å². The highest BCUT2D eigenvalue weighted by atomic mass is 16.5. The molecule has 1 aliphatic heterocycles. The first-order chi connectivity index (χ1) is 13.1. The summed E-state index contributed by atoms with van der Waals surface area (Å²) in [6, 6.07) is 23.2. The fourth-order valence-corrected chi connectivity index (χ4v) is 3.07. The molecule has 0 spiro atoms. The minimum atomic E-state index is -0.170. The minimum Gasteiger partial charge on any atom is -0.449 e. The number of hydrogen-bond donors (Lipinski definition) is 1. The van der Waals surface area contributed by atoms with Crippen molar-refractivity contribution in [2.75, 3.05) is 10.6 Å². The molecule has 27 heavy (non-hydrogen) atoms. The first-order valence-corrected chi connectivity index (χ1v) is 8.82. The van der Waals surface area contributed by atoms with Crippen molar-refractivity contribution in [2.24, 2.45) is 0 Å². The molecule has 0 aromatic heterocycles. The van der Waals surface area contributed by atoms with Gasteiger partial charge in [-0.25, -0.2) is 0 Å². The van der Waals surface area contributed by atoms with Gasteiger partial charge in [0.15, 0.2) is 11.5 Å². The molecule has 1 aliphatic rings. The van der Waals surface area contributed by atoms with Crippen molar-refractivity contribution >= 4 is 23.4 Å². The number of rotatable bonds is 3. The van der Waals surface area contributed by atoms with E-state index in [9.17, 15) is 4.79 Å². The number of nitrogens with two attached hydrogens (primary N) is 1. The van der Waals surface area contributed by atoms with Crippen molar-refractivity contribution in [1.82, 2.24) is 0 Å². The van der Waals surface area contributed by atoms with Crippen LogP contribution in [-0.2, 0) is 11.3 Å². The van der Waals surface area contributed by atoms with Crippen molar-refractivity contribution in [3.8, 4) is 5.75 Å². The van der Waals surface area contributed by atoms with Crippen LogP contribution < -0.4 is 15.4 Å². The highest BCUT2D eigenvalue weighted by Crippen LogP contribution is 2.38. The number of nitrogen functional groups attached to an aromatic ring is 1. The molecule has 3 aromatic rings. The van der Waals surface area contributed by atoms with E-state index in [-0.39, 0.29) is 11.7 Å². The second-order valence-electron chi connectivity index (χ2n) is 6.63. The fraction of sp³-hybridized carbons (Fsp3) is 0.0870. The topological polar surface area (TPSA) is 55.6 Å². The Morgan fingerprint density at radius 2 is 1.74 bits per heavy atom. The smallest absolute Gasteiger partial charge is 0.294 e.